The van der Waals surface area contributed by atoms with Crippen LogP contribution < -0.4 is 9.80 Å². The summed E-state index contributed by atoms with van der Waals surface area (Å²) < 4.78 is 0. The lowest BCUT2D eigenvalue weighted by atomic mass is 9.86. The van der Waals surface area contributed by atoms with E-state index in [-0.39, 0.29) is 12.1 Å². The van der Waals surface area contributed by atoms with Crippen molar-refractivity contribution in [1.82, 2.24) is 0 Å². The monoisotopic (exact) mass is 955 g/mol. The molecule has 6 rings (SSSR count). The Hall–Kier alpha value is -6.38. The van der Waals surface area contributed by atoms with Gasteiger partial charge in [0.15, 0.2) is 0 Å². The van der Waals surface area contributed by atoms with Crippen LogP contribution in [0.2, 0.25) is 0 Å². The van der Waals surface area contributed by atoms with E-state index < -0.39 is 0 Å². The van der Waals surface area contributed by atoms with Crippen molar-refractivity contribution < 1.29 is 0 Å². The largest absolute Gasteiger partial charge is 0.338 e. The van der Waals surface area contributed by atoms with Crippen molar-refractivity contribution in [3.05, 3.63) is 238 Å². The summed E-state index contributed by atoms with van der Waals surface area (Å²) >= 11 is 0. The molecule has 0 saturated heterocycles. The summed E-state index contributed by atoms with van der Waals surface area (Å²) in [5.41, 5.74) is 20.3. The molecule has 0 radical (unpaired) electrons. The highest BCUT2D eigenvalue weighted by molar-refractivity contribution is 5.87. The Morgan fingerprint density at radius 2 is 1.33 bits per heavy atom. The molecular formula is C70H86N2. The zero-order valence-corrected chi connectivity index (χ0v) is 46.4. The molecule has 0 fully saturated rings. The van der Waals surface area contributed by atoms with Gasteiger partial charge in [-0.05, 0) is 198 Å². The SMILES string of the molecule is C=C\C(=C/C(C)=C(C)/C=C(\C=C)N(c1ccc2c(c1)C=C(C(C)C)CC2)C(/C=C\C(=C)/C=C/C1=CC=C(N(c2ccc3cc(C(C)C)ccc3c2)C(C)/C=C\c2cc(C(C)C)ccc2C)CC1)CC)C(C)C. The molecule has 0 saturated carbocycles. The Bertz CT molecular complexity index is 2900. The third-order valence-corrected chi connectivity index (χ3v) is 14.9. The lowest BCUT2D eigenvalue weighted by Gasteiger charge is -2.34. The van der Waals surface area contributed by atoms with E-state index in [0.717, 1.165) is 43.4 Å². The number of rotatable bonds is 21. The van der Waals surface area contributed by atoms with Crippen LogP contribution in [0.5, 0.6) is 0 Å². The molecule has 0 amide bonds. The molecule has 0 aromatic heterocycles. The van der Waals surface area contributed by atoms with Gasteiger partial charge in [-0.3, -0.25) is 0 Å². The van der Waals surface area contributed by atoms with Gasteiger partial charge in [-0.1, -0.05) is 197 Å². The van der Waals surface area contributed by atoms with Crippen LogP contribution in [0.4, 0.5) is 11.4 Å². The number of nitrogens with zero attached hydrogens (tertiary/aromatic N) is 2. The molecule has 0 bridgehead atoms. The third kappa shape index (κ3) is 14.0. The lowest BCUT2D eigenvalue weighted by molar-refractivity contribution is 0.708. The van der Waals surface area contributed by atoms with Crippen molar-refractivity contribution in [1.29, 1.82) is 0 Å². The summed E-state index contributed by atoms with van der Waals surface area (Å²) in [6.07, 6.45) is 34.3. The fourth-order valence-corrected chi connectivity index (χ4v) is 9.86. The highest BCUT2D eigenvalue weighted by Gasteiger charge is 2.23. The standard InChI is InChI=1S/C70H86N2/c1-17-57(47(4)5)40-53(14)54(15)41-67(19-3)72(70-38-33-58-29-30-61(50(10)11)44-65(58)46-70)66(18-2)35-21-51(12)20-24-56-25-36-68(37-26-56)71(55(16)23-28-62-42-59(48(6)7)27-22-52(62)13)69-39-34-63-43-60(49(8)9)31-32-64(63)45-69/h17,19-25,27-28,31-36,38-50,55,66H,1,3,12,18,26,29-30,37H2,2,4-11,13-16H3/b24-20+,28-23-,35-21-,54-53+,57-40+,67-41+. The summed E-state index contributed by atoms with van der Waals surface area (Å²) in [6, 6.07) is 28.0. The molecule has 72 heavy (non-hydrogen) atoms. The second kappa shape index (κ2) is 25.3. The lowest BCUT2D eigenvalue weighted by Crippen LogP contribution is -2.32. The number of hydrogen-bond donors (Lipinski definition) is 0. The van der Waals surface area contributed by atoms with Crippen LogP contribution in [-0.4, -0.2) is 12.1 Å². The van der Waals surface area contributed by atoms with Gasteiger partial charge in [0.2, 0.25) is 0 Å². The van der Waals surface area contributed by atoms with E-state index in [4.69, 9.17) is 0 Å². The van der Waals surface area contributed by atoms with Crippen LogP contribution in [0.3, 0.4) is 0 Å². The van der Waals surface area contributed by atoms with Gasteiger partial charge < -0.3 is 9.80 Å². The predicted octanol–water partition coefficient (Wildman–Crippen LogP) is 20.0. The number of hydrogen-bond acceptors (Lipinski definition) is 2. The summed E-state index contributed by atoms with van der Waals surface area (Å²) in [5, 5.41) is 2.56. The van der Waals surface area contributed by atoms with Gasteiger partial charge in [-0.25, -0.2) is 0 Å². The minimum atomic E-state index is 0.0643. The number of allylic oxidation sites excluding steroid dienone is 16. The van der Waals surface area contributed by atoms with E-state index >= 15 is 0 Å². The molecular weight excluding hydrogens is 869 g/mol. The molecule has 2 nitrogen and oxygen atoms in total. The van der Waals surface area contributed by atoms with E-state index in [1.54, 1.807) is 0 Å². The normalized spacial score (nSPS) is 15.9. The molecule has 0 heterocycles. The zero-order chi connectivity index (χ0) is 52.2. The minimum Gasteiger partial charge on any atom is -0.338 e. The van der Waals surface area contributed by atoms with Crippen LogP contribution in [0, 0.1) is 18.8 Å². The van der Waals surface area contributed by atoms with Crippen molar-refractivity contribution in [3.63, 3.8) is 0 Å². The Balaban J connectivity index is 1.30. The summed E-state index contributed by atoms with van der Waals surface area (Å²) in [5.74, 6) is 1.92. The average Bonchev–Trinajstić information content (AvgIpc) is 3.37. The molecule has 2 heteroatoms. The first kappa shape index (κ1) is 54.9. The highest BCUT2D eigenvalue weighted by atomic mass is 15.2. The smallest absolute Gasteiger partial charge is 0.0522 e. The number of benzene rings is 4. The summed E-state index contributed by atoms with van der Waals surface area (Å²) in [6.45, 7) is 42.4. The molecule has 2 unspecified atom stereocenters. The van der Waals surface area contributed by atoms with E-state index in [0.29, 0.717) is 23.7 Å². The topological polar surface area (TPSA) is 6.48 Å². The fourth-order valence-electron chi connectivity index (χ4n) is 9.86. The maximum atomic E-state index is 4.54. The van der Waals surface area contributed by atoms with E-state index in [1.807, 2.05) is 12.2 Å². The van der Waals surface area contributed by atoms with Crippen molar-refractivity contribution >= 4 is 34.3 Å². The first-order valence-corrected chi connectivity index (χ1v) is 27.0. The van der Waals surface area contributed by atoms with Gasteiger partial charge in [-0.15, -0.1) is 0 Å². The Labute approximate surface area is 437 Å². The average molecular weight is 955 g/mol. The van der Waals surface area contributed by atoms with E-state index in [9.17, 15) is 0 Å². The Kier molecular flexibility index (Phi) is 19.3. The second-order valence-electron chi connectivity index (χ2n) is 21.6. The first-order chi connectivity index (χ1) is 34.4. The Morgan fingerprint density at radius 1 is 0.653 bits per heavy atom. The Morgan fingerprint density at radius 3 is 1.99 bits per heavy atom. The molecule has 0 spiro atoms. The van der Waals surface area contributed by atoms with Gasteiger partial charge in [0.05, 0.1) is 6.04 Å². The van der Waals surface area contributed by atoms with Gasteiger partial charge in [0.1, 0.15) is 0 Å². The zero-order valence-electron chi connectivity index (χ0n) is 46.4. The number of anilines is 2. The quantitative estimate of drug-likeness (QED) is 0.0768. The summed E-state index contributed by atoms with van der Waals surface area (Å²) in [7, 11) is 0. The third-order valence-electron chi connectivity index (χ3n) is 14.9. The van der Waals surface area contributed by atoms with Crippen LogP contribution in [0.25, 0.3) is 22.9 Å². The van der Waals surface area contributed by atoms with Gasteiger partial charge >= 0.3 is 0 Å². The van der Waals surface area contributed by atoms with Crippen molar-refractivity contribution in [2.75, 3.05) is 9.80 Å². The fraction of sp³-hybridized carbons (Fsp3) is 0.343. The molecule has 376 valence electrons. The van der Waals surface area contributed by atoms with Crippen LogP contribution in [0.1, 0.15) is 154 Å². The van der Waals surface area contributed by atoms with Crippen molar-refractivity contribution in [2.45, 2.75) is 146 Å². The predicted molar refractivity (Wildman–Crippen MR) is 321 cm³/mol. The van der Waals surface area contributed by atoms with Crippen molar-refractivity contribution in [3.8, 4) is 0 Å². The maximum absolute atomic E-state index is 4.54. The molecule has 0 aliphatic heterocycles. The highest BCUT2D eigenvalue weighted by Crippen LogP contribution is 2.36. The second-order valence-corrected chi connectivity index (χ2v) is 21.6. The molecule has 2 aliphatic rings. The first-order valence-electron chi connectivity index (χ1n) is 27.0. The van der Waals surface area contributed by atoms with Gasteiger partial charge in [0, 0.05) is 28.8 Å². The summed E-state index contributed by atoms with van der Waals surface area (Å²) in [4.78, 5) is 5.01. The van der Waals surface area contributed by atoms with Crippen LogP contribution in [0.15, 0.2) is 204 Å². The van der Waals surface area contributed by atoms with E-state index in [2.05, 4.69) is 259 Å². The van der Waals surface area contributed by atoms with Crippen molar-refractivity contribution in [2.24, 2.45) is 11.8 Å². The molecule has 4 aromatic rings. The molecule has 2 aliphatic carbocycles. The van der Waals surface area contributed by atoms with Gasteiger partial charge in [-0.2, -0.15) is 0 Å². The van der Waals surface area contributed by atoms with Crippen LogP contribution in [-0.2, 0) is 6.42 Å². The molecule has 4 aromatic carbocycles. The van der Waals surface area contributed by atoms with Crippen LogP contribution >= 0.6 is 0 Å². The molecule has 2 atom stereocenters. The minimum absolute atomic E-state index is 0.0643. The van der Waals surface area contributed by atoms with Gasteiger partial charge in [0.25, 0.3) is 0 Å². The molecule has 0 N–H and O–H groups in total. The maximum Gasteiger partial charge on any atom is 0.0522 e. The number of fused-ring (bicyclic) bond motifs is 2. The van der Waals surface area contributed by atoms with E-state index in [1.165, 1.54) is 89.1 Å². The number of aryl methyl sites for hydroxylation is 2.